The Labute approximate surface area is 141 Å². The largest absolute Gasteiger partial charge is 0.548 e. The predicted octanol–water partition coefficient (Wildman–Crippen LogP) is 0.935. The van der Waals surface area contributed by atoms with Gasteiger partial charge in [0.1, 0.15) is 0 Å². The molecule has 0 unspecified atom stereocenters. The number of carboxylic acid groups (broad SMARTS) is 1. The fraction of sp³-hybridized carbons (Fsp3) is 0.421. The monoisotopic (exact) mass is 326 g/mol. The summed E-state index contributed by atoms with van der Waals surface area (Å²) in [5, 5.41) is 11.7. The molecule has 0 bridgehead atoms. The van der Waals surface area contributed by atoms with Crippen LogP contribution in [0.3, 0.4) is 0 Å². The van der Waals surface area contributed by atoms with E-state index in [1.165, 1.54) is 0 Å². The van der Waals surface area contributed by atoms with Crippen LogP contribution in [0.25, 0.3) is 0 Å². The molecule has 3 rings (SSSR count). The van der Waals surface area contributed by atoms with Crippen LogP contribution in [0.15, 0.2) is 42.0 Å². The summed E-state index contributed by atoms with van der Waals surface area (Å²) in [7, 11) is 0. The first-order valence-corrected chi connectivity index (χ1v) is 8.19. The molecule has 1 fully saturated rings. The van der Waals surface area contributed by atoms with Gasteiger partial charge in [0.05, 0.1) is 23.8 Å². The lowest BCUT2D eigenvalue weighted by Crippen LogP contribution is -2.52. The van der Waals surface area contributed by atoms with Gasteiger partial charge in [0.25, 0.3) is 0 Å². The lowest BCUT2D eigenvalue weighted by Gasteiger charge is -2.28. The van der Waals surface area contributed by atoms with Crippen molar-refractivity contribution in [2.75, 3.05) is 0 Å². The summed E-state index contributed by atoms with van der Waals surface area (Å²) in [5.74, 6) is -3.13. The van der Waals surface area contributed by atoms with Gasteiger partial charge in [0.15, 0.2) is 0 Å². The molecule has 5 nitrogen and oxygen atoms in total. The van der Waals surface area contributed by atoms with Crippen molar-refractivity contribution in [3.8, 4) is 0 Å². The highest BCUT2D eigenvalue weighted by molar-refractivity contribution is 6.08. The minimum absolute atomic E-state index is 0.0654. The number of likely N-dealkylation sites (tertiary alicyclic amines) is 1. The Hall–Kier alpha value is -2.43. The van der Waals surface area contributed by atoms with E-state index in [1.54, 1.807) is 24.3 Å². The molecule has 0 N–H and O–H groups in total. The number of carbonyl (C=O) groups is 3. The van der Waals surface area contributed by atoms with Crippen molar-refractivity contribution in [1.82, 2.24) is 4.90 Å². The summed E-state index contributed by atoms with van der Waals surface area (Å²) in [5.41, 5.74) is 1.82. The van der Waals surface area contributed by atoms with Gasteiger partial charge in [0.2, 0.25) is 11.8 Å². The molecule has 1 aromatic carbocycles. The van der Waals surface area contributed by atoms with Crippen LogP contribution in [0.1, 0.15) is 25.8 Å². The number of imide groups is 1. The lowest BCUT2D eigenvalue weighted by atomic mass is 9.76. The standard InChI is InChI=1S/C19H21NO4/c1-11-8-12(2)16-14(9-11)17(21)20(18(16)22)15(19(23)24)10-13-6-4-3-5-7-13/h3-8,12,14-16H,9-10H2,1-2H3,(H,23,24)/p-1/t12-,14+,15+,16-/m1/s1. The number of carbonyl (C=O) groups excluding carboxylic acids is 3. The lowest BCUT2D eigenvalue weighted by molar-refractivity contribution is -0.310. The molecule has 126 valence electrons. The maximum atomic E-state index is 12.8. The third-order valence-corrected chi connectivity index (χ3v) is 5.02. The number of fused-ring (bicyclic) bond motifs is 1. The zero-order chi connectivity index (χ0) is 17.4. The van der Waals surface area contributed by atoms with E-state index in [2.05, 4.69) is 0 Å². The van der Waals surface area contributed by atoms with Crippen molar-refractivity contribution >= 4 is 17.8 Å². The van der Waals surface area contributed by atoms with Gasteiger partial charge < -0.3 is 9.90 Å². The van der Waals surface area contributed by atoms with Gasteiger partial charge >= 0.3 is 0 Å². The molecule has 1 heterocycles. The number of benzene rings is 1. The van der Waals surface area contributed by atoms with Crippen molar-refractivity contribution in [2.24, 2.45) is 17.8 Å². The van der Waals surface area contributed by atoms with Gasteiger partial charge in [-0.1, -0.05) is 48.9 Å². The number of allylic oxidation sites excluding steroid dienone is 2. The summed E-state index contributed by atoms with van der Waals surface area (Å²) in [6, 6.07) is 7.72. The molecule has 24 heavy (non-hydrogen) atoms. The number of amides is 2. The summed E-state index contributed by atoms with van der Waals surface area (Å²) in [6.07, 6.45) is 2.59. The van der Waals surface area contributed by atoms with E-state index in [9.17, 15) is 19.5 Å². The molecule has 1 aliphatic carbocycles. The van der Waals surface area contributed by atoms with Gasteiger partial charge in [-0.3, -0.25) is 14.5 Å². The zero-order valence-electron chi connectivity index (χ0n) is 13.8. The third kappa shape index (κ3) is 2.75. The fourth-order valence-electron chi connectivity index (χ4n) is 3.97. The van der Waals surface area contributed by atoms with Crippen LogP contribution >= 0.6 is 0 Å². The van der Waals surface area contributed by atoms with Gasteiger partial charge in [-0.25, -0.2) is 0 Å². The number of carboxylic acids is 1. The van der Waals surface area contributed by atoms with E-state index < -0.39 is 23.8 Å². The van der Waals surface area contributed by atoms with E-state index in [1.807, 2.05) is 26.0 Å². The molecule has 2 aliphatic rings. The Morgan fingerprint density at radius 1 is 1.25 bits per heavy atom. The highest BCUT2D eigenvalue weighted by Gasteiger charge is 2.52. The number of rotatable bonds is 4. The quantitative estimate of drug-likeness (QED) is 0.609. The topological polar surface area (TPSA) is 77.5 Å². The SMILES string of the molecule is CC1=C[C@@H](C)[C@H]2C(=O)N([C@@H](Cc3ccccc3)C(=O)[O-])C(=O)[C@H]2C1. The first kappa shape index (κ1) is 16.4. The van der Waals surface area contributed by atoms with E-state index in [0.717, 1.165) is 16.0 Å². The molecular weight excluding hydrogens is 306 g/mol. The molecule has 0 radical (unpaired) electrons. The Morgan fingerprint density at radius 2 is 1.92 bits per heavy atom. The van der Waals surface area contributed by atoms with Gasteiger partial charge in [-0.15, -0.1) is 0 Å². The summed E-state index contributed by atoms with van der Waals surface area (Å²) in [4.78, 5) is 38.2. The molecule has 0 saturated carbocycles. The van der Waals surface area contributed by atoms with Crippen LogP contribution in [0, 0.1) is 17.8 Å². The van der Waals surface area contributed by atoms with Crippen molar-refractivity contribution in [3.63, 3.8) is 0 Å². The number of aliphatic carboxylic acids is 1. The Kier molecular flexibility index (Phi) is 4.26. The number of hydrogen-bond acceptors (Lipinski definition) is 4. The minimum atomic E-state index is -1.39. The number of hydrogen-bond donors (Lipinski definition) is 0. The highest BCUT2D eigenvalue weighted by atomic mass is 16.4. The number of nitrogens with zero attached hydrogens (tertiary/aromatic N) is 1. The smallest absolute Gasteiger partial charge is 0.234 e. The van der Waals surface area contributed by atoms with Crippen molar-refractivity contribution in [3.05, 3.63) is 47.5 Å². The van der Waals surface area contributed by atoms with Gasteiger partial charge in [0, 0.05) is 0 Å². The second kappa shape index (κ2) is 6.23. The van der Waals surface area contributed by atoms with E-state index >= 15 is 0 Å². The molecule has 4 atom stereocenters. The van der Waals surface area contributed by atoms with Crippen LogP contribution < -0.4 is 5.11 Å². The van der Waals surface area contributed by atoms with Crippen LogP contribution in [0.2, 0.25) is 0 Å². The third-order valence-electron chi connectivity index (χ3n) is 5.02. The normalized spacial score (nSPS) is 27.7. The van der Waals surface area contributed by atoms with Gasteiger partial charge in [-0.05, 0) is 31.2 Å². The van der Waals surface area contributed by atoms with E-state index in [0.29, 0.717) is 6.42 Å². The maximum Gasteiger partial charge on any atom is 0.234 e. The first-order valence-electron chi connectivity index (χ1n) is 8.19. The van der Waals surface area contributed by atoms with Crippen molar-refractivity contribution in [1.29, 1.82) is 0 Å². The van der Waals surface area contributed by atoms with Crippen LogP contribution in [-0.4, -0.2) is 28.7 Å². The molecule has 0 aromatic heterocycles. The predicted molar refractivity (Wildman–Crippen MR) is 85.3 cm³/mol. The van der Waals surface area contributed by atoms with Gasteiger partial charge in [-0.2, -0.15) is 0 Å². The summed E-state index contributed by atoms with van der Waals surface area (Å²) in [6.45, 7) is 3.84. The van der Waals surface area contributed by atoms with E-state index in [4.69, 9.17) is 0 Å². The van der Waals surface area contributed by atoms with Crippen LogP contribution in [0.4, 0.5) is 0 Å². The summed E-state index contributed by atoms with van der Waals surface area (Å²) >= 11 is 0. The minimum Gasteiger partial charge on any atom is -0.548 e. The Morgan fingerprint density at radius 3 is 2.54 bits per heavy atom. The average molecular weight is 326 g/mol. The molecule has 1 aromatic rings. The maximum absolute atomic E-state index is 12.8. The Balaban J connectivity index is 1.91. The fourth-order valence-corrected chi connectivity index (χ4v) is 3.97. The van der Waals surface area contributed by atoms with Crippen molar-refractivity contribution < 1.29 is 19.5 Å². The first-order chi connectivity index (χ1) is 11.4. The molecule has 5 heteroatoms. The average Bonchev–Trinajstić information content (AvgIpc) is 2.77. The molecular formula is C19H20NO4-. The zero-order valence-corrected chi connectivity index (χ0v) is 13.8. The Bertz CT molecular complexity index is 709. The van der Waals surface area contributed by atoms with Crippen molar-refractivity contribution in [2.45, 2.75) is 32.7 Å². The molecule has 2 amide bonds. The second-order valence-corrected chi connectivity index (χ2v) is 6.78. The molecule has 0 spiro atoms. The van der Waals surface area contributed by atoms with Crippen LogP contribution in [0.5, 0.6) is 0 Å². The molecule has 1 saturated heterocycles. The van der Waals surface area contributed by atoms with Crippen LogP contribution in [-0.2, 0) is 20.8 Å². The highest BCUT2D eigenvalue weighted by Crippen LogP contribution is 2.41. The van der Waals surface area contributed by atoms with E-state index in [-0.39, 0.29) is 24.2 Å². The second-order valence-electron chi connectivity index (χ2n) is 6.78. The molecule has 1 aliphatic heterocycles. The summed E-state index contributed by atoms with van der Waals surface area (Å²) < 4.78 is 0.